The zero-order chi connectivity index (χ0) is 14.8. The van der Waals surface area contributed by atoms with E-state index in [9.17, 15) is 4.79 Å². The van der Waals surface area contributed by atoms with Crippen molar-refractivity contribution >= 4 is 16.9 Å². The van der Waals surface area contributed by atoms with Gasteiger partial charge in [0.25, 0.3) is 0 Å². The number of para-hydroxylation sites is 1. The highest BCUT2D eigenvalue weighted by molar-refractivity contribution is 6.02. The standard InChI is InChI=1S/C16H14N2O3/c1-3-20-16(19)13-10(2)21-18-15(13)12-8-4-6-11-7-5-9-17-14(11)12/h4-9H,3H2,1-2H3. The molecule has 3 aromatic rings. The van der Waals surface area contributed by atoms with Crippen molar-refractivity contribution in [3.8, 4) is 11.3 Å². The second-order valence-corrected chi connectivity index (χ2v) is 4.56. The van der Waals surface area contributed by atoms with E-state index in [-0.39, 0.29) is 0 Å². The molecule has 2 heterocycles. The molecule has 5 heteroatoms. The quantitative estimate of drug-likeness (QED) is 0.689. The van der Waals surface area contributed by atoms with E-state index >= 15 is 0 Å². The minimum Gasteiger partial charge on any atom is -0.462 e. The molecule has 0 unspecified atom stereocenters. The van der Waals surface area contributed by atoms with Crippen LogP contribution in [0.2, 0.25) is 0 Å². The van der Waals surface area contributed by atoms with Gasteiger partial charge in [0.05, 0.1) is 12.1 Å². The van der Waals surface area contributed by atoms with Gasteiger partial charge < -0.3 is 9.26 Å². The number of rotatable bonds is 3. The Labute approximate surface area is 121 Å². The average Bonchev–Trinajstić information content (AvgIpc) is 2.88. The summed E-state index contributed by atoms with van der Waals surface area (Å²) in [5.41, 5.74) is 2.36. The van der Waals surface area contributed by atoms with Crippen molar-refractivity contribution < 1.29 is 14.1 Å². The predicted molar refractivity (Wildman–Crippen MR) is 77.9 cm³/mol. The first kappa shape index (κ1) is 13.3. The molecule has 0 aliphatic heterocycles. The van der Waals surface area contributed by atoms with E-state index in [2.05, 4.69) is 10.1 Å². The number of ether oxygens (including phenoxy) is 1. The van der Waals surface area contributed by atoms with Crippen LogP contribution in [0.1, 0.15) is 23.0 Å². The summed E-state index contributed by atoms with van der Waals surface area (Å²) in [6.07, 6.45) is 1.71. The number of hydrogen-bond donors (Lipinski definition) is 0. The molecule has 0 atom stereocenters. The Balaban J connectivity index is 2.22. The van der Waals surface area contributed by atoms with Gasteiger partial charge >= 0.3 is 5.97 Å². The maximum absolute atomic E-state index is 12.1. The molecule has 1 aromatic carbocycles. The van der Waals surface area contributed by atoms with Gasteiger partial charge in [0, 0.05) is 17.1 Å². The number of hydrogen-bond acceptors (Lipinski definition) is 5. The summed E-state index contributed by atoms with van der Waals surface area (Å²) in [6.45, 7) is 3.76. The zero-order valence-corrected chi connectivity index (χ0v) is 11.8. The SMILES string of the molecule is CCOC(=O)c1c(-c2cccc3cccnc23)noc1C. The highest BCUT2D eigenvalue weighted by atomic mass is 16.5. The highest BCUT2D eigenvalue weighted by Crippen LogP contribution is 2.30. The highest BCUT2D eigenvalue weighted by Gasteiger charge is 2.24. The monoisotopic (exact) mass is 282 g/mol. The molecule has 0 amide bonds. The molecule has 3 rings (SSSR count). The molecule has 0 spiro atoms. The van der Waals surface area contributed by atoms with Gasteiger partial charge in [-0.25, -0.2) is 4.79 Å². The number of pyridine rings is 1. The Kier molecular flexibility index (Phi) is 3.39. The Morgan fingerprint density at radius 1 is 1.29 bits per heavy atom. The van der Waals surface area contributed by atoms with Crippen molar-refractivity contribution in [3.05, 3.63) is 47.9 Å². The Morgan fingerprint density at radius 3 is 2.90 bits per heavy atom. The lowest BCUT2D eigenvalue weighted by Crippen LogP contribution is -2.06. The molecule has 0 aliphatic carbocycles. The number of carbonyl (C=O) groups excluding carboxylic acids is 1. The zero-order valence-electron chi connectivity index (χ0n) is 11.8. The first-order chi connectivity index (χ1) is 10.2. The van der Waals surface area contributed by atoms with Gasteiger partial charge in [0.15, 0.2) is 0 Å². The van der Waals surface area contributed by atoms with Crippen LogP contribution in [0.3, 0.4) is 0 Å². The van der Waals surface area contributed by atoms with Crippen molar-refractivity contribution in [2.75, 3.05) is 6.61 Å². The van der Waals surface area contributed by atoms with Crippen LogP contribution >= 0.6 is 0 Å². The van der Waals surface area contributed by atoms with E-state index < -0.39 is 5.97 Å². The first-order valence-corrected chi connectivity index (χ1v) is 6.70. The molecule has 0 saturated carbocycles. The van der Waals surface area contributed by atoms with Gasteiger partial charge in [0.1, 0.15) is 17.0 Å². The third kappa shape index (κ3) is 2.27. The fraction of sp³-hybridized carbons (Fsp3) is 0.188. The number of aryl methyl sites for hydroxylation is 1. The van der Waals surface area contributed by atoms with Gasteiger partial charge in [-0.15, -0.1) is 0 Å². The third-order valence-electron chi connectivity index (χ3n) is 3.23. The molecule has 21 heavy (non-hydrogen) atoms. The van der Waals surface area contributed by atoms with E-state index in [0.29, 0.717) is 23.6 Å². The topological polar surface area (TPSA) is 65.2 Å². The average molecular weight is 282 g/mol. The molecule has 0 bridgehead atoms. The number of aromatic nitrogens is 2. The van der Waals surface area contributed by atoms with Crippen molar-refractivity contribution in [1.82, 2.24) is 10.1 Å². The van der Waals surface area contributed by atoms with Crippen LogP contribution < -0.4 is 0 Å². The molecule has 106 valence electrons. The molecule has 0 aliphatic rings. The fourth-order valence-corrected chi connectivity index (χ4v) is 2.29. The summed E-state index contributed by atoms with van der Waals surface area (Å²) < 4.78 is 10.3. The summed E-state index contributed by atoms with van der Waals surface area (Å²) >= 11 is 0. The molecule has 0 saturated heterocycles. The molecule has 5 nitrogen and oxygen atoms in total. The van der Waals surface area contributed by atoms with Crippen LogP contribution in [0.15, 0.2) is 41.1 Å². The van der Waals surface area contributed by atoms with E-state index in [1.807, 2.05) is 30.3 Å². The lowest BCUT2D eigenvalue weighted by molar-refractivity contribution is 0.0525. The molecule has 0 radical (unpaired) electrons. The second-order valence-electron chi connectivity index (χ2n) is 4.56. The number of nitrogens with zero attached hydrogens (tertiary/aromatic N) is 2. The molecule has 0 fully saturated rings. The smallest absolute Gasteiger partial charge is 0.344 e. The predicted octanol–water partition coefficient (Wildman–Crippen LogP) is 3.37. The van der Waals surface area contributed by atoms with Crippen LogP contribution in [-0.2, 0) is 4.74 Å². The summed E-state index contributed by atoms with van der Waals surface area (Å²) in [5, 5.41) is 5.00. The Bertz CT molecular complexity index is 803. The molecular weight excluding hydrogens is 268 g/mol. The second kappa shape index (κ2) is 5.36. The van der Waals surface area contributed by atoms with E-state index in [1.54, 1.807) is 20.0 Å². The first-order valence-electron chi connectivity index (χ1n) is 6.70. The van der Waals surface area contributed by atoms with E-state index in [4.69, 9.17) is 9.26 Å². The van der Waals surface area contributed by atoms with E-state index in [0.717, 1.165) is 16.5 Å². The van der Waals surface area contributed by atoms with E-state index in [1.165, 1.54) is 0 Å². The lowest BCUT2D eigenvalue weighted by atomic mass is 10.0. The largest absolute Gasteiger partial charge is 0.462 e. The summed E-state index contributed by atoms with van der Waals surface area (Å²) in [6, 6.07) is 9.56. The van der Waals surface area contributed by atoms with Crippen molar-refractivity contribution in [2.45, 2.75) is 13.8 Å². The van der Waals surface area contributed by atoms with Gasteiger partial charge in [0.2, 0.25) is 0 Å². The van der Waals surface area contributed by atoms with Crippen LogP contribution in [0, 0.1) is 6.92 Å². The maximum Gasteiger partial charge on any atom is 0.344 e. The minimum atomic E-state index is -0.431. The number of esters is 1. The summed E-state index contributed by atoms with van der Waals surface area (Å²) in [7, 11) is 0. The summed E-state index contributed by atoms with van der Waals surface area (Å²) in [5.74, 6) is 0.00979. The van der Waals surface area contributed by atoms with Gasteiger partial charge in [-0.05, 0) is 19.9 Å². The number of carbonyl (C=O) groups is 1. The van der Waals surface area contributed by atoms with Crippen molar-refractivity contribution in [2.24, 2.45) is 0 Å². The minimum absolute atomic E-state index is 0.302. The lowest BCUT2D eigenvalue weighted by Gasteiger charge is -2.05. The van der Waals surface area contributed by atoms with Crippen LogP contribution in [-0.4, -0.2) is 22.7 Å². The Hall–Kier alpha value is -2.69. The third-order valence-corrected chi connectivity index (χ3v) is 3.23. The van der Waals surface area contributed by atoms with Crippen molar-refractivity contribution in [1.29, 1.82) is 0 Å². The number of fused-ring (bicyclic) bond motifs is 1. The van der Waals surface area contributed by atoms with Gasteiger partial charge in [-0.2, -0.15) is 0 Å². The van der Waals surface area contributed by atoms with Crippen molar-refractivity contribution in [3.63, 3.8) is 0 Å². The summed E-state index contributed by atoms with van der Waals surface area (Å²) in [4.78, 5) is 16.5. The molecular formula is C16H14N2O3. The van der Waals surface area contributed by atoms with Crippen LogP contribution in [0.5, 0.6) is 0 Å². The molecule has 0 N–H and O–H groups in total. The number of benzene rings is 1. The van der Waals surface area contributed by atoms with Crippen LogP contribution in [0.25, 0.3) is 22.2 Å². The molecule has 2 aromatic heterocycles. The maximum atomic E-state index is 12.1. The fourth-order valence-electron chi connectivity index (χ4n) is 2.29. The van der Waals surface area contributed by atoms with Gasteiger partial charge in [-0.3, -0.25) is 4.98 Å². The van der Waals surface area contributed by atoms with Crippen LogP contribution in [0.4, 0.5) is 0 Å². The Morgan fingerprint density at radius 2 is 2.10 bits per heavy atom. The normalized spacial score (nSPS) is 10.8. The van der Waals surface area contributed by atoms with Gasteiger partial charge in [-0.1, -0.05) is 29.4 Å².